The second-order valence-corrected chi connectivity index (χ2v) is 4.50. The van der Waals surface area contributed by atoms with Crippen LogP contribution in [0.1, 0.15) is 19.3 Å². The summed E-state index contributed by atoms with van der Waals surface area (Å²) in [7, 11) is 0. The van der Waals surface area contributed by atoms with Gasteiger partial charge >= 0.3 is 12.4 Å². The van der Waals surface area contributed by atoms with E-state index in [1.54, 1.807) is 5.32 Å². The Labute approximate surface area is 105 Å². The molecule has 2 atom stereocenters. The quantitative estimate of drug-likeness (QED) is 0.782. The van der Waals surface area contributed by atoms with Crippen LogP contribution in [0.15, 0.2) is 0 Å². The van der Waals surface area contributed by atoms with E-state index in [-0.39, 0.29) is 13.0 Å². The maximum Gasteiger partial charge on any atom is 0.409 e. The van der Waals surface area contributed by atoms with Gasteiger partial charge in [-0.3, -0.25) is 4.79 Å². The molecule has 19 heavy (non-hydrogen) atoms. The van der Waals surface area contributed by atoms with Gasteiger partial charge in [-0.1, -0.05) is 6.42 Å². The van der Waals surface area contributed by atoms with Crippen molar-refractivity contribution in [3.8, 4) is 0 Å². The zero-order chi connectivity index (χ0) is 14.8. The summed E-state index contributed by atoms with van der Waals surface area (Å²) in [5.41, 5.74) is 0. The van der Waals surface area contributed by atoms with Gasteiger partial charge in [0.1, 0.15) is 0 Å². The third kappa shape index (κ3) is 3.99. The SMILES string of the molecule is O=C(NC1CCCC1CO)C(C(F)(F)F)C(F)(F)F. The Morgan fingerprint density at radius 2 is 1.68 bits per heavy atom. The van der Waals surface area contributed by atoms with Crippen LogP contribution in [0.25, 0.3) is 0 Å². The lowest BCUT2D eigenvalue weighted by Crippen LogP contribution is -2.51. The van der Waals surface area contributed by atoms with Crippen LogP contribution in [0, 0.1) is 11.8 Å². The minimum Gasteiger partial charge on any atom is -0.396 e. The molecule has 1 fully saturated rings. The van der Waals surface area contributed by atoms with E-state index in [4.69, 9.17) is 5.11 Å². The molecular formula is C10H13F6NO2. The highest BCUT2D eigenvalue weighted by atomic mass is 19.4. The van der Waals surface area contributed by atoms with E-state index in [0.29, 0.717) is 12.8 Å². The van der Waals surface area contributed by atoms with Crippen LogP contribution >= 0.6 is 0 Å². The molecule has 1 amide bonds. The van der Waals surface area contributed by atoms with Gasteiger partial charge in [0.2, 0.25) is 11.8 Å². The predicted octanol–water partition coefficient (Wildman–Crippen LogP) is 2.00. The number of hydrogen-bond donors (Lipinski definition) is 2. The van der Waals surface area contributed by atoms with Crippen molar-refractivity contribution in [1.29, 1.82) is 0 Å². The number of rotatable bonds is 3. The maximum atomic E-state index is 12.3. The minimum atomic E-state index is -5.68. The summed E-state index contributed by atoms with van der Waals surface area (Å²) in [6.07, 6.45) is -10.1. The highest BCUT2D eigenvalue weighted by Gasteiger charge is 2.61. The summed E-state index contributed by atoms with van der Waals surface area (Å²) in [6, 6.07) is -0.843. The normalized spacial score (nSPS) is 24.8. The van der Waals surface area contributed by atoms with Crippen LogP contribution in [0.4, 0.5) is 26.3 Å². The van der Waals surface area contributed by atoms with Crippen LogP contribution in [0.2, 0.25) is 0 Å². The van der Waals surface area contributed by atoms with Crippen LogP contribution < -0.4 is 5.32 Å². The molecule has 3 nitrogen and oxygen atoms in total. The van der Waals surface area contributed by atoms with Gasteiger partial charge in [0.15, 0.2) is 0 Å². The molecule has 0 aromatic rings. The zero-order valence-corrected chi connectivity index (χ0v) is 9.68. The lowest BCUT2D eigenvalue weighted by molar-refractivity contribution is -0.274. The average Bonchev–Trinajstić information content (AvgIpc) is 2.59. The number of carbonyl (C=O) groups is 1. The minimum absolute atomic E-state index is 0.263. The number of aliphatic hydroxyl groups is 1. The van der Waals surface area contributed by atoms with Gasteiger partial charge in [0.25, 0.3) is 0 Å². The van der Waals surface area contributed by atoms with Crippen molar-refractivity contribution in [1.82, 2.24) is 5.32 Å². The molecular weight excluding hydrogens is 280 g/mol. The average molecular weight is 293 g/mol. The first-order chi connectivity index (χ1) is 8.57. The van der Waals surface area contributed by atoms with Crippen LogP contribution in [-0.2, 0) is 4.79 Å². The number of nitrogens with one attached hydrogen (secondary N) is 1. The summed E-state index contributed by atoms with van der Waals surface area (Å²) in [5, 5.41) is 10.7. The van der Waals surface area contributed by atoms with Gasteiger partial charge in [0.05, 0.1) is 0 Å². The topological polar surface area (TPSA) is 49.3 Å². The fourth-order valence-electron chi connectivity index (χ4n) is 2.19. The highest BCUT2D eigenvalue weighted by Crippen LogP contribution is 2.39. The molecule has 0 spiro atoms. The summed E-state index contributed by atoms with van der Waals surface area (Å²) in [4.78, 5) is 11.2. The molecule has 0 aliphatic heterocycles. The molecule has 1 aliphatic carbocycles. The Morgan fingerprint density at radius 3 is 2.11 bits per heavy atom. The van der Waals surface area contributed by atoms with Crippen LogP contribution in [0.3, 0.4) is 0 Å². The number of carbonyl (C=O) groups excluding carboxylic acids is 1. The van der Waals surface area contributed by atoms with Crippen molar-refractivity contribution >= 4 is 5.91 Å². The summed E-state index contributed by atoms with van der Waals surface area (Å²) < 4.78 is 73.7. The van der Waals surface area contributed by atoms with Gasteiger partial charge in [0, 0.05) is 18.6 Å². The maximum absolute atomic E-state index is 12.3. The second kappa shape index (κ2) is 5.56. The van der Waals surface area contributed by atoms with E-state index in [2.05, 4.69) is 0 Å². The van der Waals surface area contributed by atoms with Gasteiger partial charge in [-0.25, -0.2) is 0 Å². The standard InChI is InChI=1S/C10H13F6NO2/c11-9(12,13)7(10(14,15)16)8(19)17-6-3-1-2-5(6)4-18/h5-7,18H,1-4H2,(H,17,19). The Kier molecular flexibility index (Phi) is 4.70. The largest absolute Gasteiger partial charge is 0.409 e. The molecule has 0 saturated heterocycles. The lowest BCUT2D eigenvalue weighted by atomic mass is 10.0. The first-order valence-electron chi connectivity index (χ1n) is 5.62. The predicted molar refractivity (Wildman–Crippen MR) is 52.0 cm³/mol. The van der Waals surface area contributed by atoms with Gasteiger partial charge in [-0.15, -0.1) is 0 Å². The first-order valence-corrected chi connectivity index (χ1v) is 5.62. The van der Waals surface area contributed by atoms with Gasteiger partial charge in [-0.05, 0) is 12.8 Å². The molecule has 0 aromatic carbocycles. The van der Waals surface area contributed by atoms with Crippen LogP contribution in [0.5, 0.6) is 0 Å². The van der Waals surface area contributed by atoms with Crippen molar-refractivity contribution in [3.05, 3.63) is 0 Å². The third-order valence-electron chi connectivity index (χ3n) is 3.14. The molecule has 0 heterocycles. The molecule has 1 saturated carbocycles. The molecule has 0 aromatic heterocycles. The lowest BCUT2D eigenvalue weighted by Gasteiger charge is -2.25. The van der Waals surface area contributed by atoms with E-state index in [0.717, 1.165) is 0 Å². The van der Waals surface area contributed by atoms with Crippen molar-refractivity contribution < 1.29 is 36.2 Å². The highest BCUT2D eigenvalue weighted by molar-refractivity contribution is 5.80. The molecule has 1 rings (SSSR count). The smallest absolute Gasteiger partial charge is 0.396 e. The van der Waals surface area contributed by atoms with Gasteiger partial charge < -0.3 is 10.4 Å². The summed E-state index contributed by atoms with van der Waals surface area (Å²) >= 11 is 0. The molecule has 112 valence electrons. The fourth-order valence-corrected chi connectivity index (χ4v) is 2.19. The van der Waals surface area contributed by atoms with E-state index >= 15 is 0 Å². The van der Waals surface area contributed by atoms with Crippen LogP contribution in [-0.4, -0.2) is 36.0 Å². The van der Waals surface area contributed by atoms with Crippen molar-refractivity contribution in [2.24, 2.45) is 11.8 Å². The molecule has 2 N–H and O–H groups in total. The van der Waals surface area contributed by atoms with E-state index < -0.39 is 36.1 Å². The molecule has 2 unspecified atom stereocenters. The molecule has 0 bridgehead atoms. The number of halogens is 6. The monoisotopic (exact) mass is 293 g/mol. The van der Waals surface area contributed by atoms with Crippen molar-refractivity contribution in [2.75, 3.05) is 6.61 Å². The number of aliphatic hydroxyl groups excluding tert-OH is 1. The molecule has 0 radical (unpaired) electrons. The van der Waals surface area contributed by atoms with Gasteiger partial charge in [-0.2, -0.15) is 26.3 Å². The zero-order valence-electron chi connectivity index (χ0n) is 9.68. The number of amides is 1. The van der Waals surface area contributed by atoms with E-state index in [9.17, 15) is 31.1 Å². The first kappa shape index (κ1) is 16.1. The molecule has 1 aliphatic rings. The number of alkyl halides is 6. The van der Waals surface area contributed by atoms with Crippen molar-refractivity contribution in [3.63, 3.8) is 0 Å². The van der Waals surface area contributed by atoms with Crippen molar-refractivity contribution in [2.45, 2.75) is 37.7 Å². The Hall–Kier alpha value is -0.990. The molecule has 9 heteroatoms. The van der Waals surface area contributed by atoms with E-state index in [1.165, 1.54) is 0 Å². The summed E-state index contributed by atoms with van der Waals surface area (Å²) in [6.45, 7) is -0.381. The second-order valence-electron chi connectivity index (χ2n) is 4.50. The Balaban J connectivity index is 2.79. The number of hydrogen-bond acceptors (Lipinski definition) is 2. The Morgan fingerprint density at radius 1 is 1.16 bits per heavy atom. The Bertz CT molecular complexity index is 313. The fraction of sp³-hybridized carbons (Fsp3) is 0.900. The summed E-state index contributed by atoms with van der Waals surface area (Å²) in [5.74, 6) is -6.63. The van der Waals surface area contributed by atoms with E-state index in [1.807, 2.05) is 0 Å². The third-order valence-corrected chi connectivity index (χ3v) is 3.14.